The van der Waals surface area contributed by atoms with Crippen LogP contribution in [0.5, 0.6) is 0 Å². The van der Waals surface area contributed by atoms with Crippen molar-refractivity contribution in [2.45, 2.75) is 19.4 Å². The van der Waals surface area contributed by atoms with E-state index in [4.69, 9.17) is 14.2 Å². The van der Waals surface area contributed by atoms with Gasteiger partial charge in [0.1, 0.15) is 12.4 Å². The summed E-state index contributed by atoms with van der Waals surface area (Å²) < 4.78 is 30.8. The van der Waals surface area contributed by atoms with Crippen molar-refractivity contribution in [2.24, 2.45) is 0 Å². The third-order valence-electron chi connectivity index (χ3n) is 5.19. The lowest BCUT2D eigenvalue weighted by Gasteiger charge is -2.24. The summed E-state index contributed by atoms with van der Waals surface area (Å²) >= 11 is 0. The second kappa shape index (κ2) is 10.1. The van der Waals surface area contributed by atoms with Gasteiger partial charge in [-0.25, -0.2) is 14.0 Å². The molecule has 7 nitrogen and oxygen atoms in total. The van der Waals surface area contributed by atoms with E-state index in [0.29, 0.717) is 5.69 Å². The van der Waals surface area contributed by atoms with Crippen LogP contribution in [0.2, 0.25) is 0 Å². The number of anilines is 2. The van der Waals surface area contributed by atoms with Gasteiger partial charge in [-0.1, -0.05) is 60.7 Å². The van der Waals surface area contributed by atoms with Crippen molar-refractivity contribution < 1.29 is 28.2 Å². The number of amides is 2. The minimum absolute atomic E-state index is 0.0384. The first-order valence-electron chi connectivity index (χ1n) is 10.4. The molecule has 1 saturated heterocycles. The van der Waals surface area contributed by atoms with E-state index in [1.54, 1.807) is 6.07 Å². The van der Waals surface area contributed by atoms with Gasteiger partial charge in [0.2, 0.25) is 6.29 Å². The first-order chi connectivity index (χ1) is 16.0. The summed E-state index contributed by atoms with van der Waals surface area (Å²) in [5.41, 5.74) is 1.97. The number of carbonyl (C=O) groups is 2. The predicted octanol–water partition coefficient (Wildman–Crippen LogP) is 5.10. The van der Waals surface area contributed by atoms with Crippen LogP contribution in [0.3, 0.4) is 0 Å². The lowest BCUT2D eigenvalue weighted by Crippen LogP contribution is -2.32. The topological polar surface area (TPSA) is 68.3 Å². The quantitative estimate of drug-likeness (QED) is 0.501. The van der Waals surface area contributed by atoms with E-state index in [2.05, 4.69) is 0 Å². The number of carbonyl (C=O) groups excluding carboxylic acids is 2. The maximum atomic E-state index is 15.2. The number of nitrogens with zero attached hydrogens (tertiary/aromatic N) is 2. The minimum atomic E-state index is -0.720. The zero-order valence-corrected chi connectivity index (χ0v) is 18.0. The fourth-order valence-corrected chi connectivity index (χ4v) is 3.46. The normalized spacial score (nSPS) is 15.3. The molecule has 4 rings (SSSR count). The SMILES string of the molecule is COC1CN(c2ccc(N(Cc3ccccc3)C(=O)OCc3ccccc3)c(F)c2)C(=O)O1. The van der Waals surface area contributed by atoms with E-state index in [1.165, 1.54) is 29.0 Å². The molecule has 3 aromatic carbocycles. The van der Waals surface area contributed by atoms with Crippen LogP contribution < -0.4 is 9.80 Å². The zero-order valence-electron chi connectivity index (χ0n) is 18.0. The minimum Gasteiger partial charge on any atom is -0.444 e. The molecule has 0 spiro atoms. The van der Waals surface area contributed by atoms with E-state index >= 15 is 4.39 Å². The van der Waals surface area contributed by atoms with Crippen molar-refractivity contribution in [3.63, 3.8) is 0 Å². The number of hydrogen-bond acceptors (Lipinski definition) is 5. The van der Waals surface area contributed by atoms with Crippen molar-refractivity contribution in [1.29, 1.82) is 0 Å². The average Bonchev–Trinajstić information content (AvgIpc) is 3.23. The number of rotatable bonds is 7. The molecule has 0 saturated carbocycles. The summed E-state index contributed by atoms with van der Waals surface area (Å²) in [5, 5.41) is 0. The molecule has 170 valence electrons. The molecule has 0 N–H and O–H groups in total. The molecule has 0 aromatic heterocycles. The fraction of sp³-hybridized carbons (Fsp3) is 0.200. The Bertz CT molecular complexity index is 1110. The first-order valence-corrected chi connectivity index (χ1v) is 10.4. The molecule has 1 atom stereocenters. The van der Waals surface area contributed by atoms with Crippen LogP contribution in [-0.2, 0) is 27.4 Å². The summed E-state index contributed by atoms with van der Waals surface area (Å²) in [5.74, 6) is -0.672. The van der Waals surface area contributed by atoms with Crippen LogP contribution >= 0.6 is 0 Å². The number of cyclic esters (lactones) is 1. The molecule has 2 amide bonds. The maximum absolute atomic E-state index is 15.2. The average molecular weight is 450 g/mol. The summed E-state index contributed by atoms with van der Waals surface area (Å²) in [6.07, 6.45) is -2.03. The summed E-state index contributed by atoms with van der Waals surface area (Å²) in [7, 11) is 1.42. The Kier molecular flexibility index (Phi) is 6.85. The summed E-state index contributed by atoms with van der Waals surface area (Å²) in [4.78, 5) is 27.6. The Morgan fingerprint density at radius 3 is 2.33 bits per heavy atom. The largest absolute Gasteiger partial charge is 0.444 e. The zero-order chi connectivity index (χ0) is 23.2. The Labute approximate surface area is 190 Å². The molecular weight excluding hydrogens is 427 g/mol. The highest BCUT2D eigenvalue weighted by atomic mass is 19.1. The molecule has 3 aromatic rings. The van der Waals surface area contributed by atoms with Crippen molar-refractivity contribution in [2.75, 3.05) is 23.5 Å². The number of halogens is 1. The monoisotopic (exact) mass is 450 g/mol. The van der Waals surface area contributed by atoms with Crippen molar-refractivity contribution in [3.8, 4) is 0 Å². The third kappa shape index (κ3) is 5.30. The van der Waals surface area contributed by atoms with Gasteiger partial charge in [0.15, 0.2) is 0 Å². The van der Waals surface area contributed by atoms with E-state index in [1.807, 2.05) is 60.7 Å². The molecule has 1 heterocycles. The summed E-state index contributed by atoms with van der Waals surface area (Å²) in [6.45, 7) is 0.311. The second-order valence-corrected chi connectivity index (χ2v) is 7.41. The molecule has 0 aliphatic carbocycles. The van der Waals surface area contributed by atoms with E-state index in [-0.39, 0.29) is 25.4 Å². The van der Waals surface area contributed by atoms with Gasteiger partial charge in [-0.3, -0.25) is 9.80 Å². The van der Waals surface area contributed by atoms with Crippen LogP contribution in [0.4, 0.5) is 25.4 Å². The van der Waals surface area contributed by atoms with Gasteiger partial charge in [0, 0.05) is 7.11 Å². The van der Waals surface area contributed by atoms with Crippen LogP contribution in [0, 0.1) is 5.82 Å². The van der Waals surface area contributed by atoms with Gasteiger partial charge < -0.3 is 14.2 Å². The highest BCUT2D eigenvalue weighted by Gasteiger charge is 2.33. The number of ether oxygens (including phenoxy) is 3. The molecule has 1 aliphatic heterocycles. The molecule has 1 aliphatic rings. The summed E-state index contributed by atoms with van der Waals surface area (Å²) in [6, 6.07) is 22.7. The highest BCUT2D eigenvalue weighted by Crippen LogP contribution is 2.29. The Hall–Kier alpha value is -3.91. The number of hydrogen-bond donors (Lipinski definition) is 0. The van der Waals surface area contributed by atoms with Gasteiger partial charge >= 0.3 is 12.2 Å². The molecule has 0 radical (unpaired) electrons. The molecule has 0 bridgehead atoms. The first kappa shape index (κ1) is 22.3. The number of methoxy groups -OCH3 is 1. The van der Waals surface area contributed by atoms with Crippen LogP contribution in [0.15, 0.2) is 78.9 Å². The third-order valence-corrected chi connectivity index (χ3v) is 5.19. The van der Waals surface area contributed by atoms with Crippen LogP contribution in [0.1, 0.15) is 11.1 Å². The van der Waals surface area contributed by atoms with E-state index in [9.17, 15) is 9.59 Å². The Balaban J connectivity index is 1.58. The van der Waals surface area contributed by atoms with Gasteiger partial charge in [-0.2, -0.15) is 0 Å². The van der Waals surface area contributed by atoms with E-state index < -0.39 is 24.3 Å². The smallest absolute Gasteiger partial charge is 0.416 e. The predicted molar refractivity (Wildman–Crippen MR) is 120 cm³/mol. The van der Waals surface area contributed by atoms with Gasteiger partial charge in [-0.15, -0.1) is 0 Å². The lowest BCUT2D eigenvalue weighted by atomic mass is 10.2. The highest BCUT2D eigenvalue weighted by molar-refractivity contribution is 5.91. The molecule has 8 heteroatoms. The molecule has 1 fully saturated rings. The van der Waals surface area contributed by atoms with Gasteiger partial charge in [0.25, 0.3) is 0 Å². The van der Waals surface area contributed by atoms with Gasteiger partial charge in [0.05, 0.1) is 24.5 Å². The Morgan fingerprint density at radius 1 is 1.06 bits per heavy atom. The van der Waals surface area contributed by atoms with Crippen molar-refractivity contribution in [3.05, 3.63) is 95.8 Å². The number of benzene rings is 3. The van der Waals surface area contributed by atoms with Gasteiger partial charge in [-0.05, 0) is 29.3 Å². The molecular formula is C25H23FN2O5. The van der Waals surface area contributed by atoms with E-state index in [0.717, 1.165) is 11.1 Å². The van der Waals surface area contributed by atoms with Crippen LogP contribution in [0.25, 0.3) is 0 Å². The second-order valence-electron chi connectivity index (χ2n) is 7.41. The molecule has 1 unspecified atom stereocenters. The molecule has 33 heavy (non-hydrogen) atoms. The standard InChI is InChI=1S/C25H23FN2O5/c1-31-23-16-27(25(30)33-23)20-12-13-22(21(26)14-20)28(15-18-8-4-2-5-9-18)24(29)32-17-19-10-6-3-7-11-19/h2-14,23H,15-17H2,1H3. The van der Waals surface area contributed by atoms with Crippen LogP contribution in [-0.4, -0.2) is 32.1 Å². The van der Waals surface area contributed by atoms with Crippen molar-refractivity contribution in [1.82, 2.24) is 0 Å². The lowest BCUT2D eigenvalue weighted by molar-refractivity contribution is -0.0488. The van der Waals surface area contributed by atoms with Crippen molar-refractivity contribution >= 4 is 23.6 Å². The Morgan fingerprint density at radius 2 is 1.73 bits per heavy atom. The maximum Gasteiger partial charge on any atom is 0.416 e. The fourth-order valence-electron chi connectivity index (χ4n) is 3.46.